The Bertz CT molecular complexity index is 407. The number of primary amides is 1. The maximum atomic E-state index is 11.7. The fraction of sp³-hybridized carbons (Fsp3) is 0.692. The van der Waals surface area contributed by atoms with Gasteiger partial charge in [0.15, 0.2) is 5.96 Å². The van der Waals surface area contributed by atoms with Crippen LogP contribution in [0.1, 0.15) is 44.9 Å². The Hall–Kier alpha value is -2.32. The van der Waals surface area contributed by atoms with Crippen LogP contribution in [0.15, 0.2) is 4.99 Å². The lowest BCUT2D eigenvalue weighted by molar-refractivity contribution is -0.137. The molecule has 8 N–H and O–H groups in total. The van der Waals surface area contributed by atoms with E-state index >= 15 is 0 Å². The van der Waals surface area contributed by atoms with Crippen molar-refractivity contribution in [2.45, 2.75) is 51.0 Å². The third kappa shape index (κ3) is 11.5. The molecule has 0 aromatic carbocycles. The number of guanidine groups is 1. The molecule has 0 saturated heterocycles. The topological polar surface area (TPSA) is 174 Å². The van der Waals surface area contributed by atoms with E-state index in [4.69, 9.17) is 22.3 Å². The van der Waals surface area contributed by atoms with Crippen molar-refractivity contribution in [2.75, 3.05) is 6.54 Å². The molecule has 0 aliphatic heterocycles. The highest BCUT2D eigenvalue weighted by atomic mass is 16.4. The smallest absolute Gasteiger partial charge is 0.303 e. The predicted octanol–water partition coefficient (Wildman–Crippen LogP) is -0.955. The summed E-state index contributed by atoms with van der Waals surface area (Å²) in [6, 6.07) is -0.749. The average molecular weight is 315 g/mol. The van der Waals surface area contributed by atoms with Crippen LogP contribution in [0.4, 0.5) is 0 Å². The molecule has 0 aliphatic rings. The Labute approximate surface area is 129 Å². The van der Waals surface area contributed by atoms with E-state index in [0.717, 1.165) is 0 Å². The monoisotopic (exact) mass is 315 g/mol. The van der Waals surface area contributed by atoms with Gasteiger partial charge in [-0.3, -0.25) is 19.4 Å². The van der Waals surface area contributed by atoms with Crippen molar-refractivity contribution in [1.82, 2.24) is 5.32 Å². The molecule has 0 aliphatic carbocycles. The summed E-state index contributed by atoms with van der Waals surface area (Å²) < 4.78 is 0. The van der Waals surface area contributed by atoms with Crippen LogP contribution in [0.2, 0.25) is 0 Å². The van der Waals surface area contributed by atoms with Crippen LogP contribution in [-0.2, 0) is 14.4 Å². The molecule has 0 aromatic heterocycles. The summed E-state index contributed by atoms with van der Waals surface area (Å²) in [5.74, 6) is -1.76. The fourth-order valence-corrected chi connectivity index (χ4v) is 1.79. The van der Waals surface area contributed by atoms with Crippen molar-refractivity contribution in [3.05, 3.63) is 0 Å². The van der Waals surface area contributed by atoms with Crippen molar-refractivity contribution in [1.29, 1.82) is 0 Å². The zero-order valence-corrected chi connectivity index (χ0v) is 12.6. The largest absolute Gasteiger partial charge is 0.481 e. The van der Waals surface area contributed by atoms with E-state index in [9.17, 15) is 14.4 Å². The quantitative estimate of drug-likeness (QED) is 0.176. The van der Waals surface area contributed by atoms with Crippen LogP contribution in [0.25, 0.3) is 0 Å². The minimum atomic E-state index is -0.848. The lowest BCUT2D eigenvalue weighted by atomic mass is 10.1. The van der Waals surface area contributed by atoms with Crippen molar-refractivity contribution in [3.63, 3.8) is 0 Å². The number of hydrogen-bond donors (Lipinski definition) is 5. The first-order valence-corrected chi connectivity index (χ1v) is 7.18. The van der Waals surface area contributed by atoms with Gasteiger partial charge in [-0.15, -0.1) is 0 Å². The molecule has 0 spiro atoms. The number of unbranched alkanes of at least 4 members (excludes halogenated alkanes) is 2. The van der Waals surface area contributed by atoms with Crippen molar-refractivity contribution in [3.8, 4) is 0 Å². The van der Waals surface area contributed by atoms with E-state index in [-0.39, 0.29) is 24.7 Å². The van der Waals surface area contributed by atoms with Crippen LogP contribution in [0, 0.1) is 0 Å². The maximum Gasteiger partial charge on any atom is 0.303 e. The highest BCUT2D eigenvalue weighted by molar-refractivity contribution is 5.86. The molecular weight excluding hydrogens is 290 g/mol. The second kappa shape index (κ2) is 11.4. The molecule has 0 bridgehead atoms. The first-order valence-electron chi connectivity index (χ1n) is 7.18. The predicted molar refractivity (Wildman–Crippen MR) is 81.8 cm³/mol. The summed E-state index contributed by atoms with van der Waals surface area (Å²) in [4.78, 5) is 37.1. The number of hydrogen-bond acceptors (Lipinski definition) is 4. The molecule has 0 heterocycles. The van der Waals surface area contributed by atoms with Crippen molar-refractivity contribution >= 4 is 23.7 Å². The Morgan fingerprint density at radius 3 is 2.18 bits per heavy atom. The van der Waals surface area contributed by atoms with Gasteiger partial charge in [-0.1, -0.05) is 6.42 Å². The zero-order chi connectivity index (χ0) is 17.0. The molecule has 1 atom stereocenters. The van der Waals surface area contributed by atoms with Gasteiger partial charge in [0, 0.05) is 19.4 Å². The van der Waals surface area contributed by atoms with Gasteiger partial charge in [0.25, 0.3) is 0 Å². The average Bonchev–Trinajstić information content (AvgIpc) is 2.40. The number of carbonyl (C=O) groups is 3. The summed E-state index contributed by atoms with van der Waals surface area (Å²) in [7, 11) is 0. The molecule has 0 rings (SSSR count). The zero-order valence-electron chi connectivity index (χ0n) is 12.6. The molecule has 1 unspecified atom stereocenters. The number of nitrogens with two attached hydrogens (primary N) is 3. The van der Waals surface area contributed by atoms with Gasteiger partial charge in [0.05, 0.1) is 0 Å². The highest BCUT2D eigenvalue weighted by Crippen LogP contribution is 2.04. The van der Waals surface area contributed by atoms with Gasteiger partial charge in [0.1, 0.15) is 6.04 Å². The molecular formula is C13H25N5O4. The number of carboxylic acids is 1. The second-order valence-electron chi connectivity index (χ2n) is 4.93. The molecule has 0 aromatic rings. The van der Waals surface area contributed by atoms with Gasteiger partial charge in [-0.05, 0) is 25.7 Å². The first-order chi connectivity index (χ1) is 10.3. The third-order valence-electron chi connectivity index (χ3n) is 2.92. The third-order valence-corrected chi connectivity index (χ3v) is 2.92. The SMILES string of the molecule is NC(=O)C(CCCN=C(N)N)NC(=O)CCCCCC(=O)O. The summed E-state index contributed by atoms with van der Waals surface area (Å²) in [6.45, 7) is 0.358. The Morgan fingerprint density at radius 2 is 1.64 bits per heavy atom. The minimum absolute atomic E-state index is 0.0268. The van der Waals surface area contributed by atoms with Gasteiger partial charge in [0.2, 0.25) is 11.8 Å². The normalized spacial score (nSPS) is 11.5. The molecule has 0 radical (unpaired) electrons. The fourth-order valence-electron chi connectivity index (χ4n) is 1.79. The van der Waals surface area contributed by atoms with Gasteiger partial charge in [-0.2, -0.15) is 0 Å². The van der Waals surface area contributed by atoms with Crippen LogP contribution in [0.3, 0.4) is 0 Å². The van der Waals surface area contributed by atoms with Gasteiger partial charge >= 0.3 is 5.97 Å². The van der Waals surface area contributed by atoms with Crippen molar-refractivity contribution in [2.24, 2.45) is 22.2 Å². The summed E-state index contributed by atoms with van der Waals surface area (Å²) in [5.41, 5.74) is 15.6. The second-order valence-corrected chi connectivity index (χ2v) is 4.93. The lowest BCUT2D eigenvalue weighted by Crippen LogP contribution is -2.44. The maximum absolute atomic E-state index is 11.7. The lowest BCUT2D eigenvalue weighted by Gasteiger charge is -2.14. The Morgan fingerprint density at radius 1 is 1.00 bits per heavy atom. The van der Waals surface area contributed by atoms with E-state index in [1.165, 1.54) is 0 Å². The number of rotatable bonds is 12. The van der Waals surface area contributed by atoms with Crippen molar-refractivity contribution < 1.29 is 19.5 Å². The molecule has 0 fully saturated rings. The van der Waals surface area contributed by atoms with Gasteiger partial charge in [-0.25, -0.2) is 0 Å². The molecule has 126 valence electrons. The molecule has 22 heavy (non-hydrogen) atoms. The molecule has 0 saturated carbocycles. The van der Waals surface area contributed by atoms with Crippen LogP contribution < -0.4 is 22.5 Å². The minimum Gasteiger partial charge on any atom is -0.481 e. The van der Waals surface area contributed by atoms with Gasteiger partial charge < -0.3 is 27.6 Å². The summed E-state index contributed by atoms with van der Waals surface area (Å²) in [6.07, 6.45) is 2.94. The number of nitrogens with one attached hydrogen (secondary N) is 1. The van der Waals surface area contributed by atoms with E-state index in [1.54, 1.807) is 0 Å². The van der Waals surface area contributed by atoms with Crippen LogP contribution >= 0.6 is 0 Å². The number of nitrogens with zero attached hydrogens (tertiary/aromatic N) is 1. The van der Waals surface area contributed by atoms with Crippen LogP contribution in [-0.4, -0.2) is 41.4 Å². The highest BCUT2D eigenvalue weighted by Gasteiger charge is 2.17. The number of carboxylic acid groups (broad SMARTS) is 1. The summed E-state index contributed by atoms with van der Waals surface area (Å²) in [5, 5.41) is 11.0. The van der Waals surface area contributed by atoms with Crippen LogP contribution in [0.5, 0.6) is 0 Å². The Kier molecular flexibility index (Phi) is 10.2. The van der Waals surface area contributed by atoms with E-state index in [1.807, 2.05) is 0 Å². The summed E-state index contributed by atoms with van der Waals surface area (Å²) >= 11 is 0. The van der Waals surface area contributed by atoms with E-state index in [0.29, 0.717) is 38.6 Å². The standard InChI is InChI=1S/C13H25N5O4/c14-12(22)9(5-4-8-17-13(15)16)18-10(19)6-2-1-3-7-11(20)21/h9H,1-8H2,(H2,14,22)(H,18,19)(H,20,21)(H4,15,16,17). The number of aliphatic carboxylic acids is 1. The molecule has 9 heteroatoms. The van der Waals surface area contributed by atoms with E-state index < -0.39 is 17.9 Å². The number of amides is 2. The molecule has 9 nitrogen and oxygen atoms in total. The number of aliphatic imine (C=N–C) groups is 1. The molecule has 2 amide bonds. The van der Waals surface area contributed by atoms with E-state index in [2.05, 4.69) is 10.3 Å². The Balaban J connectivity index is 3.96. The number of carbonyl (C=O) groups excluding carboxylic acids is 2. The first kappa shape index (κ1) is 19.7.